The summed E-state index contributed by atoms with van der Waals surface area (Å²) in [6.07, 6.45) is 1.34. The van der Waals surface area contributed by atoms with Crippen LogP contribution in [0.15, 0.2) is 53.5 Å². The van der Waals surface area contributed by atoms with E-state index < -0.39 is 0 Å². The molecule has 0 fully saturated rings. The Labute approximate surface area is 208 Å². The van der Waals surface area contributed by atoms with Crippen LogP contribution in [-0.4, -0.2) is 43.3 Å². The fourth-order valence-electron chi connectivity index (χ4n) is 2.92. The first-order chi connectivity index (χ1) is 14.9. The molecule has 2 aromatic carbocycles. The summed E-state index contributed by atoms with van der Waals surface area (Å²) in [7, 11) is 3.48. The van der Waals surface area contributed by atoms with Gasteiger partial charge in [-0.2, -0.15) is 0 Å². The van der Waals surface area contributed by atoms with E-state index in [1.807, 2.05) is 62.4 Å². The van der Waals surface area contributed by atoms with Gasteiger partial charge in [0.15, 0.2) is 5.96 Å². The Hall–Kier alpha value is -2.62. The van der Waals surface area contributed by atoms with Gasteiger partial charge in [0.25, 0.3) is 5.91 Å². The third kappa shape index (κ3) is 9.25. The molecule has 0 aliphatic rings. The number of hydrogen-bond donors (Lipinski definition) is 3. The maximum Gasteiger partial charge on any atom is 0.253 e. The van der Waals surface area contributed by atoms with Crippen molar-refractivity contribution >= 4 is 47.4 Å². The highest BCUT2D eigenvalue weighted by Crippen LogP contribution is 2.12. The van der Waals surface area contributed by atoms with Gasteiger partial charge in [-0.15, -0.1) is 24.0 Å². The summed E-state index contributed by atoms with van der Waals surface area (Å²) in [5.41, 5.74) is 3.52. The van der Waals surface area contributed by atoms with Gasteiger partial charge in [0.05, 0.1) is 6.54 Å². The van der Waals surface area contributed by atoms with E-state index in [2.05, 4.69) is 20.9 Å². The van der Waals surface area contributed by atoms with Crippen molar-refractivity contribution in [2.75, 3.05) is 26.0 Å². The van der Waals surface area contributed by atoms with E-state index in [0.29, 0.717) is 31.0 Å². The average molecular weight is 551 g/mol. The van der Waals surface area contributed by atoms with Crippen LogP contribution in [0.4, 0.5) is 5.69 Å². The predicted molar refractivity (Wildman–Crippen MR) is 142 cm³/mol. The lowest BCUT2D eigenvalue weighted by Crippen LogP contribution is -2.36. The lowest BCUT2D eigenvalue weighted by Gasteiger charge is -2.13. The second kappa shape index (κ2) is 14.4. The average Bonchev–Trinajstić information content (AvgIpc) is 2.76. The number of guanidine groups is 1. The van der Waals surface area contributed by atoms with Gasteiger partial charge in [-0.25, -0.2) is 4.99 Å². The number of nitrogens with one attached hydrogen (secondary N) is 3. The van der Waals surface area contributed by atoms with Crippen molar-refractivity contribution in [3.63, 3.8) is 0 Å². The summed E-state index contributed by atoms with van der Waals surface area (Å²) in [6.45, 7) is 5.83. The van der Waals surface area contributed by atoms with Gasteiger partial charge in [0.2, 0.25) is 5.91 Å². The Balaban J connectivity index is 0.00000512. The molecule has 0 radical (unpaired) electrons. The van der Waals surface area contributed by atoms with E-state index in [1.165, 1.54) is 0 Å². The molecule has 0 atom stereocenters. The molecular weight excluding hydrogens is 517 g/mol. The van der Waals surface area contributed by atoms with E-state index in [9.17, 15) is 9.59 Å². The number of rotatable bonds is 9. The molecular formula is C24H34IN5O2. The highest BCUT2D eigenvalue weighted by atomic mass is 127. The lowest BCUT2D eigenvalue weighted by atomic mass is 10.1. The summed E-state index contributed by atoms with van der Waals surface area (Å²) >= 11 is 0. The summed E-state index contributed by atoms with van der Waals surface area (Å²) in [4.78, 5) is 30.0. The molecule has 0 aliphatic heterocycles. The van der Waals surface area contributed by atoms with Gasteiger partial charge in [-0.05, 0) is 48.7 Å². The Kier molecular flexibility index (Phi) is 12.4. The van der Waals surface area contributed by atoms with Crippen LogP contribution in [0.2, 0.25) is 0 Å². The fourth-order valence-corrected chi connectivity index (χ4v) is 2.92. The second-order valence-corrected chi connectivity index (χ2v) is 7.44. The van der Waals surface area contributed by atoms with E-state index in [1.54, 1.807) is 19.0 Å². The summed E-state index contributed by atoms with van der Waals surface area (Å²) < 4.78 is 0. The van der Waals surface area contributed by atoms with Gasteiger partial charge in [0, 0.05) is 44.9 Å². The molecule has 0 saturated heterocycles. The molecule has 0 aliphatic carbocycles. The van der Waals surface area contributed by atoms with Crippen molar-refractivity contribution in [3.05, 3.63) is 65.2 Å². The third-order valence-corrected chi connectivity index (χ3v) is 4.52. The molecule has 2 amide bonds. The number of carbonyl (C=O) groups excluding carboxylic acids is 2. The molecule has 0 unspecified atom stereocenters. The highest BCUT2D eigenvalue weighted by Gasteiger charge is 2.07. The predicted octanol–water partition coefficient (Wildman–Crippen LogP) is 4.00. The van der Waals surface area contributed by atoms with E-state index in [0.717, 1.165) is 29.8 Å². The minimum Gasteiger partial charge on any atom is -0.357 e. The largest absolute Gasteiger partial charge is 0.357 e. The number of amides is 2. The third-order valence-electron chi connectivity index (χ3n) is 4.52. The molecule has 0 bridgehead atoms. The van der Waals surface area contributed by atoms with Crippen LogP contribution in [0.1, 0.15) is 48.2 Å². The summed E-state index contributed by atoms with van der Waals surface area (Å²) in [5.74, 6) is 0.718. The topological polar surface area (TPSA) is 85.8 Å². The molecule has 32 heavy (non-hydrogen) atoms. The smallest absolute Gasteiger partial charge is 0.253 e. The molecule has 2 aromatic rings. The standard InChI is InChI=1S/C24H33N5O2.HI/c1-5-8-22(30)28-21-10-7-9-19(15-21)17-27-24(25-6-2)26-16-18-11-13-20(14-12-18)23(31)29(3)4;/h7,9-15H,5-6,8,16-17H2,1-4H3,(H,28,30)(H2,25,26,27);1H. The van der Waals surface area contributed by atoms with Gasteiger partial charge in [0.1, 0.15) is 0 Å². The normalized spacial score (nSPS) is 10.7. The van der Waals surface area contributed by atoms with Crippen LogP contribution in [-0.2, 0) is 17.9 Å². The minimum atomic E-state index is -0.0116. The van der Waals surface area contributed by atoms with Crippen molar-refractivity contribution < 1.29 is 9.59 Å². The van der Waals surface area contributed by atoms with Crippen molar-refractivity contribution in [2.24, 2.45) is 4.99 Å². The van der Waals surface area contributed by atoms with Gasteiger partial charge >= 0.3 is 0 Å². The zero-order valence-electron chi connectivity index (χ0n) is 19.3. The van der Waals surface area contributed by atoms with Crippen molar-refractivity contribution in [3.8, 4) is 0 Å². The molecule has 2 rings (SSSR count). The van der Waals surface area contributed by atoms with Crippen LogP contribution >= 0.6 is 24.0 Å². The zero-order chi connectivity index (χ0) is 22.6. The van der Waals surface area contributed by atoms with Gasteiger partial charge in [-0.3, -0.25) is 9.59 Å². The monoisotopic (exact) mass is 551 g/mol. The SMILES string of the molecule is CCCC(=O)Nc1cccc(CN=C(NCC)NCc2ccc(C(=O)N(C)C)cc2)c1.I. The molecule has 0 heterocycles. The van der Waals surface area contributed by atoms with E-state index >= 15 is 0 Å². The molecule has 0 aromatic heterocycles. The van der Waals surface area contributed by atoms with Crippen LogP contribution in [0.5, 0.6) is 0 Å². The Morgan fingerprint density at radius 1 is 0.969 bits per heavy atom. The Bertz CT molecular complexity index is 898. The van der Waals surface area contributed by atoms with Crippen LogP contribution in [0.3, 0.4) is 0 Å². The number of benzene rings is 2. The number of halogens is 1. The number of nitrogens with zero attached hydrogens (tertiary/aromatic N) is 2. The number of hydrogen-bond acceptors (Lipinski definition) is 3. The maximum atomic E-state index is 12.0. The van der Waals surface area contributed by atoms with Crippen molar-refractivity contribution in [1.29, 1.82) is 0 Å². The molecule has 0 spiro atoms. The minimum absolute atomic E-state index is 0. The molecule has 7 nitrogen and oxygen atoms in total. The van der Waals surface area contributed by atoms with Crippen LogP contribution < -0.4 is 16.0 Å². The first kappa shape index (κ1) is 27.4. The molecule has 174 valence electrons. The first-order valence-electron chi connectivity index (χ1n) is 10.6. The van der Waals surface area contributed by atoms with Gasteiger partial charge < -0.3 is 20.9 Å². The van der Waals surface area contributed by atoms with E-state index in [-0.39, 0.29) is 35.8 Å². The maximum absolute atomic E-state index is 12.0. The number of aliphatic imine (C=N–C) groups is 1. The Morgan fingerprint density at radius 3 is 2.31 bits per heavy atom. The van der Waals surface area contributed by atoms with Gasteiger partial charge in [-0.1, -0.05) is 31.2 Å². The number of carbonyl (C=O) groups is 2. The first-order valence-corrected chi connectivity index (χ1v) is 10.6. The number of anilines is 1. The van der Waals surface area contributed by atoms with Crippen LogP contribution in [0.25, 0.3) is 0 Å². The van der Waals surface area contributed by atoms with Crippen LogP contribution in [0, 0.1) is 0 Å². The van der Waals surface area contributed by atoms with Crippen molar-refractivity contribution in [1.82, 2.24) is 15.5 Å². The second-order valence-electron chi connectivity index (χ2n) is 7.44. The lowest BCUT2D eigenvalue weighted by molar-refractivity contribution is -0.116. The molecule has 0 saturated carbocycles. The van der Waals surface area contributed by atoms with E-state index in [4.69, 9.17) is 0 Å². The van der Waals surface area contributed by atoms with Crippen molar-refractivity contribution in [2.45, 2.75) is 39.8 Å². The quantitative estimate of drug-likeness (QED) is 0.250. The summed E-state index contributed by atoms with van der Waals surface area (Å²) in [6, 6.07) is 15.3. The fraction of sp³-hybridized carbons (Fsp3) is 0.375. The Morgan fingerprint density at radius 2 is 1.69 bits per heavy atom. The zero-order valence-corrected chi connectivity index (χ0v) is 21.6. The molecule has 3 N–H and O–H groups in total. The molecule has 8 heteroatoms. The highest BCUT2D eigenvalue weighted by molar-refractivity contribution is 14.0. The summed E-state index contributed by atoms with van der Waals surface area (Å²) in [5, 5.41) is 9.47.